The number of pyridine rings is 1. The minimum atomic E-state index is -1.13. The molecular formula is C15H15ClN4O2. The smallest absolute Gasteiger partial charge is 0.356 e. The van der Waals surface area contributed by atoms with Gasteiger partial charge in [0.25, 0.3) is 0 Å². The first-order chi connectivity index (χ1) is 10.6. The number of aromatic carboxylic acids is 1. The molecule has 0 saturated heterocycles. The second kappa shape index (κ2) is 5.88. The fourth-order valence-electron chi connectivity index (χ4n) is 2.21. The zero-order valence-electron chi connectivity index (χ0n) is 12.0. The zero-order valence-corrected chi connectivity index (χ0v) is 12.8. The monoisotopic (exact) mass is 318 g/mol. The highest BCUT2D eigenvalue weighted by Crippen LogP contribution is 2.40. The molecule has 0 atom stereocenters. The Morgan fingerprint density at radius 1 is 1.36 bits per heavy atom. The van der Waals surface area contributed by atoms with Crippen molar-refractivity contribution < 1.29 is 9.90 Å². The van der Waals surface area contributed by atoms with Crippen molar-refractivity contribution in [1.29, 1.82) is 0 Å². The van der Waals surface area contributed by atoms with Crippen molar-refractivity contribution >= 4 is 23.4 Å². The number of hydrogen-bond donors (Lipinski definition) is 1. The van der Waals surface area contributed by atoms with E-state index in [2.05, 4.69) is 15.0 Å². The molecule has 0 spiro atoms. The van der Waals surface area contributed by atoms with Crippen molar-refractivity contribution in [2.45, 2.75) is 25.3 Å². The molecule has 3 rings (SSSR count). The van der Waals surface area contributed by atoms with Crippen molar-refractivity contribution in [3.8, 4) is 0 Å². The molecule has 1 aliphatic carbocycles. The molecule has 7 heteroatoms. The average Bonchev–Trinajstić information content (AvgIpc) is 3.33. The number of halogens is 1. The predicted molar refractivity (Wildman–Crippen MR) is 82.3 cm³/mol. The van der Waals surface area contributed by atoms with Gasteiger partial charge in [-0.25, -0.2) is 14.8 Å². The second-order valence-corrected chi connectivity index (χ2v) is 5.74. The summed E-state index contributed by atoms with van der Waals surface area (Å²) < 4.78 is 0. The largest absolute Gasteiger partial charge is 0.476 e. The molecule has 2 aromatic rings. The predicted octanol–water partition coefficient (Wildman–Crippen LogP) is 2.74. The van der Waals surface area contributed by atoms with Crippen LogP contribution in [0.2, 0.25) is 5.02 Å². The highest BCUT2D eigenvalue weighted by molar-refractivity contribution is 6.35. The minimum absolute atomic E-state index is 0.0773. The third-order valence-electron chi connectivity index (χ3n) is 3.53. The van der Waals surface area contributed by atoms with Crippen molar-refractivity contribution in [2.24, 2.45) is 0 Å². The summed E-state index contributed by atoms with van der Waals surface area (Å²) in [6, 6.07) is 3.79. The van der Waals surface area contributed by atoms with Gasteiger partial charge in [-0.1, -0.05) is 11.6 Å². The number of carboxylic acid groups (broad SMARTS) is 1. The highest BCUT2D eigenvalue weighted by Gasteiger charge is 2.30. The molecule has 6 nitrogen and oxygen atoms in total. The first kappa shape index (κ1) is 14.7. The number of carbonyl (C=O) groups is 1. The third-order valence-corrected chi connectivity index (χ3v) is 3.87. The molecule has 0 radical (unpaired) electrons. The molecular weight excluding hydrogens is 304 g/mol. The van der Waals surface area contributed by atoms with E-state index in [1.165, 1.54) is 0 Å². The number of hydrogen-bond acceptors (Lipinski definition) is 5. The van der Waals surface area contributed by atoms with Crippen LogP contribution in [0.1, 0.15) is 40.6 Å². The van der Waals surface area contributed by atoms with Crippen LogP contribution in [0.25, 0.3) is 0 Å². The van der Waals surface area contributed by atoms with Gasteiger partial charge in [-0.15, -0.1) is 0 Å². The molecule has 0 aliphatic heterocycles. The molecule has 1 N–H and O–H groups in total. The van der Waals surface area contributed by atoms with Crippen LogP contribution in [0, 0.1) is 0 Å². The molecule has 22 heavy (non-hydrogen) atoms. The highest BCUT2D eigenvalue weighted by atomic mass is 35.5. The maximum Gasteiger partial charge on any atom is 0.356 e. The van der Waals surface area contributed by atoms with Gasteiger partial charge in [0.2, 0.25) is 0 Å². The maximum absolute atomic E-state index is 11.3. The lowest BCUT2D eigenvalue weighted by molar-refractivity contribution is 0.0690. The standard InChI is InChI=1S/C15H15ClN4O2/c1-20(8-9-4-6-17-7-5-9)14-11(16)12(15(21)22)18-13(19-14)10-2-3-10/h4-7,10H,2-3,8H2,1H3,(H,21,22). The first-order valence-electron chi connectivity index (χ1n) is 6.97. The lowest BCUT2D eigenvalue weighted by Crippen LogP contribution is -2.21. The van der Waals surface area contributed by atoms with Gasteiger partial charge >= 0.3 is 5.97 Å². The van der Waals surface area contributed by atoms with Crippen LogP contribution in [0.15, 0.2) is 24.5 Å². The maximum atomic E-state index is 11.3. The van der Waals surface area contributed by atoms with Gasteiger partial charge in [0, 0.05) is 31.9 Å². The van der Waals surface area contributed by atoms with E-state index in [0.717, 1.165) is 18.4 Å². The molecule has 0 unspecified atom stereocenters. The van der Waals surface area contributed by atoms with Crippen LogP contribution >= 0.6 is 11.6 Å². The number of anilines is 1. The number of nitrogens with zero attached hydrogens (tertiary/aromatic N) is 4. The molecule has 1 saturated carbocycles. The zero-order chi connectivity index (χ0) is 15.7. The summed E-state index contributed by atoms with van der Waals surface area (Å²) in [6.45, 7) is 0.558. The van der Waals surface area contributed by atoms with Gasteiger partial charge in [-0.05, 0) is 30.5 Å². The fraction of sp³-hybridized carbons (Fsp3) is 0.333. The lowest BCUT2D eigenvalue weighted by Gasteiger charge is -2.20. The van der Waals surface area contributed by atoms with Gasteiger partial charge in [-0.2, -0.15) is 0 Å². The molecule has 0 bridgehead atoms. The fourth-order valence-corrected chi connectivity index (χ4v) is 2.52. The molecule has 2 aromatic heterocycles. The van der Waals surface area contributed by atoms with Crippen LogP contribution in [-0.4, -0.2) is 33.1 Å². The summed E-state index contributed by atoms with van der Waals surface area (Å²) in [5.74, 6) is 0.141. The van der Waals surface area contributed by atoms with Crippen molar-refractivity contribution in [2.75, 3.05) is 11.9 Å². The van der Waals surface area contributed by atoms with Crippen LogP contribution < -0.4 is 4.90 Å². The Morgan fingerprint density at radius 3 is 2.64 bits per heavy atom. The lowest BCUT2D eigenvalue weighted by atomic mass is 10.2. The van der Waals surface area contributed by atoms with Crippen LogP contribution in [0.5, 0.6) is 0 Å². The van der Waals surface area contributed by atoms with Crippen LogP contribution in [0.4, 0.5) is 5.82 Å². The number of carboxylic acids is 1. The van der Waals surface area contributed by atoms with Gasteiger partial charge in [0.05, 0.1) is 0 Å². The van der Waals surface area contributed by atoms with E-state index >= 15 is 0 Å². The molecule has 2 heterocycles. The molecule has 1 aliphatic rings. The topological polar surface area (TPSA) is 79.2 Å². The van der Waals surface area contributed by atoms with E-state index < -0.39 is 5.97 Å². The van der Waals surface area contributed by atoms with Crippen molar-refractivity contribution in [1.82, 2.24) is 15.0 Å². The van der Waals surface area contributed by atoms with Crippen LogP contribution in [-0.2, 0) is 6.54 Å². The summed E-state index contributed by atoms with van der Waals surface area (Å²) in [7, 11) is 1.83. The van der Waals surface area contributed by atoms with E-state index in [0.29, 0.717) is 18.2 Å². The summed E-state index contributed by atoms with van der Waals surface area (Å²) in [4.78, 5) is 25.7. The summed E-state index contributed by atoms with van der Waals surface area (Å²) >= 11 is 6.20. The second-order valence-electron chi connectivity index (χ2n) is 5.36. The molecule has 0 aromatic carbocycles. The third kappa shape index (κ3) is 3.01. The van der Waals surface area contributed by atoms with Crippen molar-refractivity contribution in [3.05, 3.63) is 46.6 Å². The molecule has 114 valence electrons. The Kier molecular flexibility index (Phi) is 3.94. The minimum Gasteiger partial charge on any atom is -0.476 e. The first-order valence-corrected chi connectivity index (χ1v) is 7.35. The van der Waals surface area contributed by atoms with E-state index in [1.807, 2.05) is 24.1 Å². The Bertz CT molecular complexity index is 704. The number of aromatic nitrogens is 3. The Morgan fingerprint density at radius 2 is 2.05 bits per heavy atom. The van der Waals surface area contributed by atoms with Crippen LogP contribution in [0.3, 0.4) is 0 Å². The number of rotatable bonds is 5. The summed E-state index contributed by atoms with van der Waals surface area (Å²) in [5.41, 5.74) is 0.909. The normalized spacial score (nSPS) is 13.9. The average molecular weight is 319 g/mol. The van der Waals surface area contributed by atoms with E-state index in [1.54, 1.807) is 12.4 Å². The molecule has 1 fully saturated rings. The molecule has 0 amide bonds. The van der Waals surface area contributed by atoms with Gasteiger partial charge in [0.1, 0.15) is 10.8 Å². The van der Waals surface area contributed by atoms with Crippen molar-refractivity contribution in [3.63, 3.8) is 0 Å². The van der Waals surface area contributed by atoms with Gasteiger partial charge < -0.3 is 10.0 Å². The van der Waals surface area contributed by atoms with E-state index in [-0.39, 0.29) is 16.6 Å². The Labute approximate surface area is 132 Å². The summed E-state index contributed by atoms with van der Waals surface area (Å²) in [6.07, 6.45) is 5.41. The van der Waals surface area contributed by atoms with E-state index in [9.17, 15) is 9.90 Å². The van der Waals surface area contributed by atoms with Gasteiger partial charge in [0.15, 0.2) is 11.5 Å². The van der Waals surface area contributed by atoms with E-state index in [4.69, 9.17) is 11.6 Å². The van der Waals surface area contributed by atoms with Gasteiger partial charge in [-0.3, -0.25) is 4.98 Å². The quantitative estimate of drug-likeness (QED) is 0.913. The SMILES string of the molecule is CN(Cc1ccncc1)c1nc(C2CC2)nc(C(=O)O)c1Cl. The Balaban J connectivity index is 1.95. The summed E-state index contributed by atoms with van der Waals surface area (Å²) in [5, 5.41) is 9.36. The Hall–Kier alpha value is -2.21.